The molecule has 1 heterocycles. The Morgan fingerprint density at radius 1 is 1.21 bits per heavy atom. The zero-order chi connectivity index (χ0) is 20.1. The predicted molar refractivity (Wildman–Crippen MR) is 104 cm³/mol. The molecule has 0 atom stereocenters. The Kier molecular flexibility index (Phi) is 5.99. The summed E-state index contributed by atoms with van der Waals surface area (Å²) in [5.41, 5.74) is 6.12. The van der Waals surface area contributed by atoms with Gasteiger partial charge in [-0.25, -0.2) is 9.18 Å². The molecule has 0 bridgehead atoms. The number of ether oxygens (including phenoxy) is 2. The van der Waals surface area contributed by atoms with Crippen LogP contribution in [0.4, 0.5) is 22.0 Å². The average Bonchev–Trinajstić information content (AvgIpc) is 2.68. The molecule has 0 aliphatic heterocycles. The number of esters is 1. The maximum Gasteiger partial charge on any atom is 0.341 e. The number of anilines is 3. The van der Waals surface area contributed by atoms with E-state index in [-0.39, 0.29) is 29.9 Å². The summed E-state index contributed by atoms with van der Waals surface area (Å²) in [6, 6.07) is 11.1. The fraction of sp³-hybridized carbons (Fsp3) is 0.111. The highest BCUT2D eigenvalue weighted by Gasteiger charge is 2.15. The number of aromatic nitrogens is 3. The van der Waals surface area contributed by atoms with Crippen molar-refractivity contribution in [3.63, 3.8) is 0 Å². The number of hydrogen-bond acceptors (Lipinski definition) is 8. The van der Waals surface area contributed by atoms with Crippen LogP contribution in [0.1, 0.15) is 16.2 Å². The summed E-state index contributed by atoms with van der Waals surface area (Å²) >= 11 is 3.18. The van der Waals surface area contributed by atoms with E-state index in [1.807, 2.05) is 12.1 Å². The van der Waals surface area contributed by atoms with Crippen molar-refractivity contribution < 1.29 is 18.7 Å². The monoisotopic (exact) mass is 447 g/mol. The molecule has 0 radical (unpaired) electrons. The van der Waals surface area contributed by atoms with E-state index in [0.717, 1.165) is 6.07 Å². The largest absolute Gasteiger partial charge is 0.495 e. The third-order valence-corrected chi connectivity index (χ3v) is 4.03. The van der Waals surface area contributed by atoms with Gasteiger partial charge in [-0.15, -0.1) is 0 Å². The number of benzene rings is 2. The van der Waals surface area contributed by atoms with Gasteiger partial charge in [-0.2, -0.15) is 15.0 Å². The van der Waals surface area contributed by atoms with E-state index >= 15 is 0 Å². The van der Waals surface area contributed by atoms with Crippen LogP contribution in [-0.2, 0) is 11.3 Å². The van der Waals surface area contributed by atoms with Crippen molar-refractivity contribution in [2.45, 2.75) is 6.61 Å². The van der Waals surface area contributed by atoms with Gasteiger partial charge < -0.3 is 20.5 Å². The van der Waals surface area contributed by atoms with Gasteiger partial charge in [0.1, 0.15) is 11.6 Å². The lowest BCUT2D eigenvalue weighted by molar-refractivity contribution is 0.0456. The third kappa shape index (κ3) is 4.71. The highest BCUT2D eigenvalue weighted by molar-refractivity contribution is 9.10. The van der Waals surface area contributed by atoms with Crippen LogP contribution in [0.2, 0.25) is 0 Å². The molecule has 0 aliphatic rings. The normalized spacial score (nSPS) is 10.4. The van der Waals surface area contributed by atoms with Crippen LogP contribution in [0, 0.1) is 5.82 Å². The summed E-state index contributed by atoms with van der Waals surface area (Å²) in [6.45, 7) is -0.307. The van der Waals surface area contributed by atoms with E-state index in [1.54, 1.807) is 12.1 Å². The first-order chi connectivity index (χ1) is 13.5. The number of carbonyl (C=O) groups is 1. The predicted octanol–water partition coefficient (Wildman–Crippen LogP) is 3.46. The lowest BCUT2D eigenvalue weighted by Crippen LogP contribution is -2.12. The lowest BCUT2D eigenvalue weighted by atomic mass is 10.2. The molecule has 0 spiro atoms. The molecule has 3 N–H and O–H groups in total. The maximum absolute atomic E-state index is 13.8. The van der Waals surface area contributed by atoms with Crippen molar-refractivity contribution in [2.75, 3.05) is 18.2 Å². The van der Waals surface area contributed by atoms with Crippen LogP contribution in [0.25, 0.3) is 0 Å². The number of rotatable bonds is 6. The molecule has 28 heavy (non-hydrogen) atoms. The summed E-state index contributed by atoms with van der Waals surface area (Å²) < 4.78 is 24.7. The van der Waals surface area contributed by atoms with Gasteiger partial charge in [0.15, 0.2) is 12.4 Å². The van der Waals surface area contributed by atoms with Crippen molar-refractivity contribution in [3.8, 4) is 5.75 Å². The average molecular weight is 448 g/mol. The van der Waals surface area contributed by atoms with Gasteiger partial charge in [-0.05, 0) is 30.3 Å². The Morgan fingerprint density at radius 3 is 2.79 bits per heavy atom. The second-order valence-corrected chi connectivity index (χ2v) is 6.37. The fourth-order valence-corrected chi connectivity index (χ4v) is 2.65. The molecule has 144 valence electrons. The Labute approximate surface area is 168 Å². The van der Waals surface area contributed by atoms with Crippen molar-refractivity contribution in [2.24, 2.45) is 0 Å². The molecule has 0 amide bonds. The molecule has 3 rings (SSSR count). The molecule has 1 aromatic heterocycles. The second kappa shape index (κ2) is 8.61. The topological polar surface area (TPSA) is 112 Å². The van der Waals surface area contributed by atoms with Crippen LogP contribution >= 0.6 is 15.9 Å². The highest BCUT2D eigenvalue weighted by Crippen LogP contribution is 2.25. The Hall–Kier alpha value is -3.27. The molecule has 3 aromatic rings. The van der Waals surface area contributed by atoms with Gasteiger partial charge >= 0.3 is 5.97 Å². The van der Waals surface area contributed by atoms with E-state index in [0.29, 0.717) is 15.9 Å². The maximum atomic E-state index is 13.8. The fourth-order valence-electron chi connectivity index (χ4n) is 2.29. The molecule has 0 saturated heterocycles. The first-order valence-electron chi connectivity index (χ1n) is 7.99. The Balaban J connectivity index is 1.74. The first kappa shape index (κ1) is 19.5. The van der Waals surface area contributed by atoms with Crippen LogP contribution in [0.5, 0.6) is 5.75 Å². The minimum atomic E-state index is -0.850. The highest BCUT2D eigenvalue weighted by atomic mass is 79.9. The lowest BCUT2D eigenvalue weighted by Gasteiger charge is -2.11. The molecule has 8 nitrogen and oxygen atoms in total. The van der Waals surface area contributed by atoms with E-state index in [1.165, 1.54) is 19.2 Å². The molecule has 0 unspecified atom stereocenters. The van der Waals surface area contributed by atoms with Gasteiger partial charge in [0.2, 0.25) is 11.9 Å². The number of nitrogens with two attached hydrogens (primary N) is 1. The number of nitrogens with zero attached hydrogens (tertiary/aromatic N) is 3. The van der Waals surface area contributed by atoms with Crippen LogP contribution in [-0.4, -0.2) is 28.0 Å². The van der Waals surface area contributed by atoms with Crippen molar-refractivity contribution in [1.29, 1.82) is 0 Å². The Morgan fingerprint density at radius 2 is 2.00 bits per heavy atom. The number of halogens is 2. The number of methoxy groups -OCH3 is 1. The van der Waals surface area contributed by atoms with Gasteiger partial charge in [-0.3, -0.25) is 0 Å². The Bertz CT molecular complexity index is 1020. The summed E-state index contributed by atoms with van der Waals surface area (Å²) in [4.78, 5) is 24.2. The third-order valence-electron chi connectivity index (χ3n) is 3.53. The van der Waals surface area contributed by atoms with Gasteiger partial charge in [-0.1, -0.05) is 28.1 Å². The zero-order valence-corrected chi connectivity index (χ0v) is 16.2. The smallest absolute Gasteiger partial charge is 0.341 e. The standard InChI is InChI=1S/C18H15BrFN5O3/c1-27-14-5-3-2-4-13(14)22-18-24-15(23-17(21)25-18)9-28-16(26)11-8-10(19)6-7-12(11)20/h2-8H,9H2,1H3,(H3,21,22,23,24,25). The summed E-state index contributed by atoms with van der Waals surface area (Å²) in [5, 5.41) is 2.97. The molecule has 10 heteroatoms. The van der Waals surface area contributed by atoms with Crippen LogP contribution < -0.4 is 15.8 Å². The summed E-state index contributed by atoms with van der Waals surface area (Å²) in [7, 11) is 1.54. The van der Waals surface area contributed by atoms with Crippen molar-refractivity contribution >= 4 is 39.5 Å². The molecule has 0 fully saturated rings. The van der Waals surface area contributed by atoms with Crippen LogP contribution in [0.3, 0.4) is 0 Å². The van der Waals surface area contributed by atoms with Crippen molar-refractivity contribution in [3.05, 3.63) is 64.1 Å². The van der Waals surface area contributed by atoms with E-state index in [2.05, 4.69) is 36.2 Å². The van der Waals surface area contributed by atoms with E-state index < -0.39 is 11.8 Å². The molecule has 2 aromatic carbocycles. The quantitative estimate of drug-likeness (QED) is 0.552. The number of nitrogens with one attached hydrogen (secondary N) is 1. The molecule has 0 saturated carbocycles. The van der Waals surface area contributed by atoms with Gasteiger partial charge in [0, 0.05) is 4.47 Å². The van der Waals surface area contributed by atoms with Crippen LogP contribution in [0.15, 0.2) is 46.9 Å². The number of nitrogen functional groups attached to an aromatic ring is 1. The number of hydrogen-bond donors (Lipinski definition) is 2. The number of carbonyl (C=O) groups excluding carboxylic acids is 1. The molecule has 0 aliphatic carbocycles. The molecular weight excluding hydrogens is 433 g/mol. The molecular formula is C18H15BrFN5O3. The van der Waals surface area contributed by atoms with Gasteiger partial charge in [0.05, 0.1) is 18.4 Å². The van der Waals surface area contributed by atoms with E-state index in [9.17, 15) is 9.18 Å². The first-order valence-corrected chi connectivity index (χ1v) is 8.78. The summed E-state index contributed by atoms with van der Waals surface area (Å²) in [5.74, 6) is -0.768. The van der Waals surface area contributed by atoms with Gasteiger partial charge in [0.25, 0.3) is 0 Å². The number of para-hydroxylation sites is 2. The summed E-state index contributed by atoms with van der Waals surface area (Å²) in [6.07, 6.45) is 0. The minimum absolute atomic E-state index is 0.0629. The van der Waals surface area contributed by atoms with Crippen molar-refractivity contribution in [1.82, 2.24) is 15.0 Å². The second-order valence-electron chi connectivity index (χ2n) is 5.46. The van der Waals surface area contributed by atoms with E-state index in [4.69, 9.17) is 15.2 Å². The zero-order valence-electron chi connectivity index (χ0n) is 14.6. The SMILES string of the molecule is COc1ccccc1Nc1nc(N)nc(COC(=O)c2cc(Br)ccc2F)n1. The minimum Gasteiger partial charge on any atom is -0.495 e.